The molecule has 0 saturated carbocycles. The number of hydrogen-bond donors (Lipinski definition) is 2. The van der Waals surface area contributed by atoms with Gasteiger partial charge >= 0.3 is 12.0 Å². The van der Waals surface area contributed by atoms with Crippen LogP contribution >= 0.6 is 0 Å². The summed E-state index contributed by atoms with van der Waals surface area (Å²) in [6.45, 7) is 3.95. The van der Waals surface area contributed by atoms with E-state index in [9.17, 15) is 18.0 Å². The second-order valence-electron chi connectivity index (χ2n) is 6.09. The number of sulfonamides is 1. The smallest absolute Gasteiger partial charge is 0.339 e. The van der Waals surface area contributed by atoms with E-state index in [2.05, 4.69) is 15.3 Å². The zero-order valence-electron chi connectivity index (χ0n) is 15.1. The van der Waals surface area contributed by atoms with E-state index >= 15 is 0 Å². The first-order valence-corrected chi connectivity index (χ1v) is 9.77. The van der Waals surface area contributed by atoms with Crippen molar-refractivity contribution in [2.45, 2.75) is 24.8 Å². The Balaban J connectivity index is 0.00000300. The fourth-order valence-corrected chi connectivity index (χ4v) is 3.56. The van der Waals surface area contributed by atoms with E-state index in [1.807, 2.05) is 4.72 Å². The van der Waals surface area contributed by atoms with Gasteiger partial charge in [0.2, 0.25) is 5.95 Å². The van der Waals surface area contributed by atoms with Crippen molar-refractivity contribution in [1.82, 2.24) is 14.7 Å². The largest absolute Gasteiger partial charge is 0.454 e. The lowest BCUT2D eigenvalue weighted by molar-refractivity contribution is -0.103. The van der Waals surface area contributed by atoms with E-state index in [4.69, 9.17) is 9.47 Å². The van der Waals surface area contributed by atoms with E-state index < -0.39 is 28.1 Å². The molecule has 0 unspecified atom stereocenters. The lowest BCUT2D eigenvalue weighted by Gasteiger charge is -2.25. The van der Waals surface area contributed by atoms with Crippen LogP contribution in [0, 0.1) is 13.8 Å². The minimum absolute atomic E-state index is 0. The van der Waals surface area contributed by atoms with Gasteiger partial charge in [-0.1, -0.05) is 12.1 Å². The maximum absolute atomic E-state index is 12.6. The topological polar surface area (TPSA) is 137 Å². The summed E-state index contributed by atoms with van der Waals surface area (Å²) in [6.07, 6.45) is -0.416. The van der Waals surface area contributed by atoms with Crippen molar-refractivity contribution in [3.8, 4) is 0 Å². The van der Waals surface area contributed by atoms with Crippen LogP contribution in [0.3, 0.4) is 0 Å². The minimum atomic E-state index is -4.35. The molecule has 1 saturated heterocycles. The SMILES string of the molecule is Cc1cc(C)nc(NC(=O)NS(=O)(=O)c2ccccc2C(=O)OC2COC2)n1.[SiH4]. The van der Waals surface area contributed by atoms with Crippen LogP contribution in [0.1, 0.15) is 21.7 Å². The molecule has 1 aromatic carbocycles. The predicted molar refractivity (Wildman–Crippen MR) is 109 cm³/mol. The number of nitrogens with one attached hydrogen (secondary N) is 2. The maximum Gasteiger partial charge on any atom is 0.339 e. The number of carbonyl (C=O) groups is 2. The van der Waals surface area contributed by atoms with Gasteiger partial charge in [0.25, 0.3) is 10.0 Å². The molecule has 3 rings (SSSR count). The van der Waals surface area contributed by atoms with Gasteiger partial charge in [-0.2, -0.15) is 0 Å². The first kappa shape index (κ1) is 22.5. The van der Waals surface area contributed by atoms with Crippen molar-refractivity contribution in [3.05, 3.63) is 47.3 Å². The normalized spacial score (nSPS) is 13.6. The van der Waals surface area contributed by atoms with Crippen LogP contribution in [0.2, 0.25) is 0 Å². The number of anilines is 1. The highest BCUT2D eigenvalue weighted by molar-refractivity contribution is 7.90. The van der Waals surface area contributed by atoms with Gasteiger partial charge in [-0.3, -0.25) is 5.32 Å². The van der Waals surface area contributed by atoms with Crippen molar-refractivity contribution < 1.29 is 27.5 Å². The van der Waals surface area contributed by atoms with Crippen molar-refractivity contribution in [2.24, 2.45) is 0 Å². The van der Waals surface area contributed by atoms with E-state index in [-0.39, 0.29) is 40.6 Å². The lowest BCUT2D eigenvalue weighted by atomic mass is 10.2. The molecule has 0 radical (unpaired) electrons. The lowest BCUT2D eigenvalue weighted by Crippen LogP contribution is -2.39. The Morgan fingerprint density at radius 2 is 1.76 bits per heavy atom. The third kappa shape index (κ3) is 5.59. The predicted octanol–water partition coefficient (Wildman–Crippen LogP) is -0.292. The number of benzene rings is 1. The Kier molecular flexibility index (Phi) is 7.05. The molecule has 1 aromatic heterocycles. The highest BCUT2D eigenvalue weighted by Crippen LogP contribution is 2.18. The summed E-state index contributed by atoms with van der Waals surface area (Å²) in [4.78, 5) is 32.0. The molecule has 10 nitrogen and oxygen atoms in total. The fourth-order valence-electron chi connectivity index (χ4n) is 2.45. The van der Waals surface area contributed by atoms with Gasteiger partial charge in [0.15, 0.2) is 0 Å². The first-order valence-electron chi connectivity index (χ1n) is 8.28. The molecule has 2 heterocycles. The van der Waals surface area contributed by atoms with E-state index in [0.29, 0.717) is 11.4 Å². The van der Waals surface area contributed by atoms with Crippen molar-refractivity contribution in [1.29, 1.82) is 0 Å². The van der Waals surface area contributed by atoms with Gasteiger partial charge in [0.1, 0.15) is 11.0 Å². The summed E-state index contributed by atoms with van der Waals surface area (Å²) >= 11 is 0. The highest BCUT2D eigenvalue weighted by Gasteiger charge is 2.29. The number of amides is 2. The van der Waals surface area contributed by atoms with Crippen molar-refractivity contribution >= 4 is 38.9 Å². The van der Waals surface area contributed by atoms with Crippen molar-refractivity contribution in [3.63, 3.8) is 0 Å². The fraction of sp³-hybridized carbons (Fsp3) is 0.294. The average molecular weight is 439 g/mol. The standard InChI is InChI=1S/C17H18N4O6S.H4Si/c1-10-7-11(2)19-16(18-10)20-17(23)21-28(24,25)14-6-4-3-5-13(14)15(22)27-12-8-26-9-12;/h3-7,12H,8-9H2,1-2H3,(H2,18,19,20,21,23);1H4. The molecular weight excluding hydrogens is 416 g/mol. The van der Waals surface area contributed by atoms with E-state index in [0.717, 1.165) is 0 Å². The van der Waals surface area contributed by atoms with Crippen LogP contribution in [0.5, 0.6) is 0 Å². The Morgan fingerprint density at radius 3 is 2.34 bits per heavy atom. The Hall–Kier alpha value is -2.83. The third-order valence-electron chi connectivity index (χ3n) is 3.71. The van der Waals surface area contributed by atoms with Gasteiger partial charge in [-0.15, -0.1) is 0 Å². The maximum atomic E-state index is 12.6. The summed E-state index contributed by atoms with van der Waals surface area (Å²) in [5.74, 6) is -0.852. The Labute approximate surface area is 172 Å². The Bertz CT molecular complexity index is 1010. The van der Waals surface area contributed by atoms with Crippen LogP contribution in [-0.2, 0) is 19.5 Å². The molecule has 0 atom stereocenters. The quantitative estimate of drug-likeness (QED) is 0.480. The van der Waals surface area contributed by atoms with Gasteiger partial charge in [0.05, 0.1) is 18.8 Å². The van der Waals surface area contributed by atoms with Crippen LogP contribution < -0.4 is 10.0 Å². The monoisotopic (exact) mass is 438 g/mol. The Morgan fingerprint density at radius 1 is 1.14 bits per heavy atom. The first-order chi connectivity index (χ1) is 13.2. The van der Waals surface area contributed by atoms with Crippen LogP contribution in [0.15, 0.2) is 35.2 Å². The van der Waals surface area contributed by atoms with E-state index in [1.165, 1.54) is 24.3 Å². The number of rotatable bonds is 5. The van der Waals surface area contributed by atoms with Gasteiger partial charge in [-0.25, -0.2) is 32.7 Å². The zero-order valence-corrected chi connectivity index (χ0v) is 15.9. The molecule has 2 aromatic rings. The summed E-state index contributed by atoms with van der Waals surface area (Å²) in [7, 11) is -4.35. The summed E-state index contributed by atoms with van der Waals surface area (Å²) < 4.78 is 37.2. The summed E-state index contributed by atoms with van der Waals surface area (Å²) in [6, 6.07) is 6.09. The second kappa shape index (κ2) is 9.11. The third-order valence-corrected chi connectivity index (χ3v) is 5.10. The number of carbonyl (C=O) groups excluding carboxylic acids is 2. The highest BCUT2D eigenvalue weighted by atomic mass is 32.2. The van der Waals surface area contributed by atoms with Crippen molar-refractivity contribution in [2.75, 3.05) is 18.5 Å². The van der Waals surface area contributed by atoms with Gasteiger partial charge in [-0.05, 0) is 43.0 Å². The molecule has 12 heteroatoms. The molecule has 29 heavy (non-hydrogen) atoms. The molecule has 0 bridgehead atoms. The number of aryl methyl sites for hydroxylation is 2. The average Bonchev–Trinajstić information content (AvgIpc) is 2.56. The van der Waals surface area contributed by atoms with Crippen LogP contribution in [0.25, 0.3) is 0 Å². The van der Waals surface area contributed by atoms with Crippen LogP contribution in [0.4, 0.5) is 10.7 Å². The van der Waals surface area contributed by atoms with E-state index in [1.54, 1.807) is 19.9 Å². The molecule has 1 aliphatic heterocycles. The number of hydrogen-bond acceptors (Lipinski definition) is 8. The summed E-state index contributed by atoms with van der Waals surface area (Å²) in [5.41, 5.74) is 1.04. The van der Waals surface area contributed by atoms with Gasteiger partial charge in [0, 0.05) is 11.4 Å². The van der Waals surface area contributed by atoms with Gasteiger partial charge < -0.3 is 9.47 Å². The molecule has 1 aliphatic rings. The molecule has 156 valence electrons. The molecule has 1 fully saturated rings. The minimum Gasteiger partial charge on any atom is -0.454 e. The molecule has 0 spiro atoms. The number of ether oxygens (including phenoxy) is 2. The zero-order chi connectivity index (χ0) is 20.3. The number of aromatic nitrogens is 2. The summed E-state index contributed by atoms with van der Waals surface area (Å²) in [5, 5.41) is 2.26. The molecular formula is C17H22N4O6SSi. The molecule has 2 amide bonds. The number of urea groups is 1. The number of nitrogens with zero attached hydrogens (tertiary/aromatic N) is 2. The molecule has 2 N–H and O–H groups in total. The molecule has 0 aliphatic carbocycles. The van der Waals surface area contributed by atoms with Crippen LogP contribution in [-0.4, -0.2) is 60.7 Å². The second-order valence-corrected chi connectivity index (χ2v) is 7.75. The number of esters is 1.